The van der Waals surface area contributed by atoms with Crippen molar-refractivity contribution in [3.8, 4) is 0 Å². The van der Waals surface area contributed by atoms with Crippen LogP contribution in [-0.4, -0.2) is 105 Å². The standard InChI is InChI=1S/C49H67NO13Si2/c1-28-33(58-42(53)29(2)37(31-20-16-14-17-21-31)50-44(55)61-45(4,5)6)25-49(56)41(59-43(54)32-22-18-15-19-23-32)39-47(9)34(24-35-48(39,26-57-35)60-30(3)51)62-64(10,11)27-65(12,13)63-38(40(47)52)36(28)46(49,7)8/h14-23,29,33-35,37-39,41,56H,24-27H2,1-13H3,(H,50,55)/t29-,33+,34-,35+,37+,38+,39?,41+,47+,48+,49+/m0/s1. The molecule has 4 bridgehead atoms. The molecule has 65 heavy (non-hydrogen) atoms. The lowest BCUT2D eigenvalue weighted by Crippen LogP contribution is -2.82. The number of ether oxygens (including phenoxy) is 5. The lowest BCUT2D eigenvalue weighted by atomic mass is 9.44. The summed E-state index contributed by atoms with van der Waals surface area (Å²) in [7, 11) is -5.49. The van der Waals surface area contributed by atoms with E-state index in [1.165, 1.54) is 6.92 Å². The number of hydrogen-bond acceptors (Lipinski definition) is 13. The minimum atomic E-state index is -2.82. The average Bonchev–Trinajstić information content (AvgIpc) is 3.21. The molecule has 2 aliphatic heterocycles. The van der Waals surface area contributed by atoms with Crippen molar-refractivity contribution in [2.24, 2.45) is 22.7 Å². The fourth-order valence-electron chi connectivity index (χ4n) is 11.8. The molecule has 3 aliphatic carbocycles. The van der Waals surface area contributed by atoms with Crippen LogP contribution in [0.5, 0.6) is 0 Å². The zero-order valence-corrected chi connectivity index (χ0v) is 42.1. The zero-order valence-electron chi connectivity index (χ0n) is 40.1. The van der Waals surface area contributed by atoms with Crippen molar-refractivity contribution in [3.63, 3.8) is 0 Å². The molecule has 2 aromatic carbocycles. The predicted octanol–water partition coefficient (Wildman–Crippen LogP) is 7.55. The van der Waals surface area contributed by atoms with Crippen LogP contribution in [0.1, 0.15) is 97.1 Å². The van der Waals surface area contributed by atoms with Crippen molar-refractivity contribution in [2.45, 2.75) is 160 Å². The van der Waals surface area contributed by atoms with Gasteiger partial charge in [-0.1, -0.05) is 62.4 Å². The van der Waals surface area contributed by atoms with Crippen molar-refractivity contribution >= 4 is 46.4 Å². The van der Waals surface area contributed by atoms with Gasteiger partial charge in [-0.05, 0) is 102 Å². The molecule has 5 aliphatic rings. The molecule has 2 N–H and O–H groups in total. The van der Waals surface area contributed by atoms with E-state index in [-0.39, 0.29) is 30.8 Å². The summed E-state index contributed by atoms with van der Waals surface area (Å²) < 4.78 is 45.9. The second-order valence-electron chi connectivity index (χ2n) is 21.8. The Bertz CT molecular complexity index is 2240. The zero-order chi connectivity index (χ0) is 47.9. The number of Topliss-reactive ketones (excluding diaryl/α,β-unsaturated/α-hetero) is 1. The highest BCUT2D eigenvalue weighted by atomic mass is 28.4. The molecule has 14 nitrogen and oxygen atoms in total. The quantitative estimate of drug-likeness (QED) is 0.115. The first-order valence-electron chi connectivity index (χ1n) is 22.7. The Hall–Kier alpha value is -4.20. The number of benzene rings is 2. The van der Waals surface area contributed by atoms with Crippen molar-refractivity contribution in [3.05, 3.63) is 82.9 Å². The molecule has 2 heterocycles. The summed E-state index contributed by atoms with van der Waals surface area (Å²) in [6.07, 6.45) is -6.43. The van der Waals surface area contributed by atoms with Gasteiger partial charge in [-0.2, -0.15) is 0 Å². The number of fused-ring (bicyclic) bond motifs is 6. The van der Waals surface area contributed by atoms with Gasteiger partial charge in [0, 0.05) is 25.2 Å². The highest BCUT2D eigenvalue weighted by Crippen LogP contribution is 2.65. The Kier molecular flexibility index (Phi) is 12.6. The lowest BCUT2D eigenvalue weighted by molar-refractivity contribution is -0.344. The van der Waals surface area contributed by atoms with Crippen LogP contribution in [0.25, 0.3) is 0 Å². The van der Waals surface area contributed by atoms with E-state index >= 15 is 4.79 Å². The summed E-state index contributed by atoms with van der Waals surface area (Å²) in [6.45, 7) is 23.5. The van der Waals surface area contributed by atoms with Crippen molar-refractivity contribution in [1.29, 1.82) is 0 Å². The van der Waals surface area contributed by atoms with Crippen LogP contribution in [-0.2, 0) is 46.9 Å². The van der Waals surface area contributed by atoms with Crippen molar-refractivity contribution in [1.82, 2.24) is 5.32 Å². The second kappa shape index (κ2) is 16.8. The summed E-state index contributed by atoms with van der Waals surface area (Å²) in [5.41, 5.74) is -5.13. The monoisotopic (exact) mass is 933 g/mol. The molecule has 0 spiro atoms. The van der Waals surface area contributed by atoms with Gasteiger partial charge in [0.25, 0.3) is 0 Å². The molecule has 11 atom stereocenters. The van der Waals surface area contributed by atoms with E-state index in [4.69, 9.17) is 32.5 Å². The van der Waals surface area contributed by atoms with Crippen LogP contribution in [0.3, 0.4) is 0 Å². The summed E-state index contributed by atoms with van der Waals surface area (Å²) in [6, 6.07) is 16.5. The molecule has 0 radical (unpaired) electrons. The molecule has 1 amide bonds. The van der Waals surface area contributed by atoms with Gasteiger partial charge in [0.15, 0.2) is 28.0 Å². The van der Waals surface area contributed by atoms with Gasteiger partial charge in [-0.25, -0.2) is 9.59 Å². The number of nitrogens with one attached hydrogen (secondary N) is 1. The Morgan fingerprint density at radius 2 is 1.49 bits per heavy atom. The Morgan fingerprint density at radius 1 is 0.892 bits per heavy atom. The maximum atomic E-state index is 16.3. The lowest BCUT2D eigenvalue weighted by Gasteiger charge is -2.68. The molecule has 4 fully saturated rings. The predicted molar refractivity (Wildman–Crippen MR) is 244 cm³/mol. The van der Waals surface area contributed by atoms with E-state index < -0.39 is 117 Å². The van der Waals surface area contributed by atoms with Crippen LogP contribution >= 0.6 is 0 Å². The summed E-state index contributed by atoms with van der Waals surface area (Å²) in [4.78, 5) is 72.2. The molecular formula is C49H67NO13Si2. The molecule has 1 unspecified atom stereocenters. The van der Waals surface area contributed by atoms with Crippen LogP contribution in [0.15, 0.2) is 71.8 Å². The van der Waals surface area contributed by atoms with Gasteiger partial charge in [0.2, 0.25) is 0 Å². The third-order valence-electron chi connectivity index (χ3n) is 14.6. The third-order valence-corrected chi connectivity index (χ3v) is 23.2. The molecule has 2 aromatic rings. The topological polar surface area (TPSA) is 182 Å². The van der Waals surface area contributed by atoms with E-state index in [0.717, 1.165) is 0 Å². The largest absolute Gasteiger partial charge is 0.457 e. The second-order valence-corrected chi connectivity index (χ2v) is 30.7. The fourth-order valence-corrected chi connectivity index (χ4v) is 22.6. The maximum absolute atomic E-state index is 16.3. The number of hydrogen-bond donors (Lipinski definition) is 2. The molecule has 2 saturated carbocycles. The van der Waals surface area contributed by atoms with E-state index in [0.29, 0.717) is 22.4 Å². The Morgan fingerprint density at radius 3 is 2.06 bits per heavy atom. The highest BCUT2D eigenvalue weighted by molar-refractivity contribution is 6.89. The van der Waals surface area contributed by atoms with E-state index in [2.05, 4.69) is 31.5 Å². The first-order valence-corrected chi connectivity index (χ1v) is 29.0. The summed E-state index contributed by atoms with van der Waals surface area (Å²) in [5, 5.41) is 17.0. The van der Waals surface area contributed by atoms with Gasteiger partial charge in [-0.3, -0.25) is 14.4 Å². The number of amides is 1. The van der Waals surface area contributed by atoms with Crippen LogP contribution in [0.2, 0.25) is 31.9 Å². The van der Waals surface area contributed by atoms with Crippen molar-refractivity contribution < 1.29 is 61.6 Å². The minimum Gasteiger partial charge on any atom is -0.457 e. The van der Waals surface area contributed by atoms with E-state index in [1.807, 2.05) is 6.07 Å². The molecule has 16 heteroatoms. The SMILES string of the molecule is CC(=O)O[C@]12CO[C@@H]1C[C@@H]1O[Si](C)(C)C[Si](C)(C)O[C@H]3C(=O)[C@@]1(C)C2[C@@H](OC(=O)c1ccccc1)[C@]1(O)C[C@@H](OC(=O)[C@@H](C)[C@@H](NC(=O)OC(C)(C)C)c2ccccc2)C(C)=C3C1(C)C. The molecular weight excluding hydrogens is 867 g/mol. The summed E-state index contributed by atoms with van der Waals surface area (Å²) in [5.74, 6) is -4.72. The number of carbonyl (C=O) groups excluding carboxylic acids is 5. The van der Waals surface area contributed by atoms with Crippen LogP contribution in [0.4, 0.5) is 4.79 Å². The normalized spacial score (nSPS) is 34.2. The van der Waals surface area contributed by atoms with Gasteiger partial charge in [-0.15, -0.1) is 0 Å². The van der Waals surface area contributed by atoms with Crippen molar-refractivity contribution in [2.75, 3.05) is 6.61 Å². The van der Waals surface area contributed by atoms with Crippen LogP contribution < -0.4 is 5.32 Å². The molecule has 2 saturated heterocycles. The molecule has 0 aromatic heterocycles. The number of rotatable bonds is 8. The molecule has 7 rings (SSSR count). The Labute approximate surface area is 384 Å². The number of alkyl carbamates (subject to hydrolysis) is 1. The summed E-state index contributed by atoms with van der Waals surface area (Å²) >= 11 is 0. The first kappa shape index (κ1) is 48.7. The highest BCUT2D eigenvalue weighted by Gasteiger charge is 2.79. The van der Waals surface area contributed by atoms with Crippen LogP contribution in [0, 0.1) is 22.7 Å². The fraction of sp³-hybridized carbons (Fsp3) is 0.612. The Balaban J connectivity index is 1.44. The molecule has 354 valence electrons. The third kappa shape index (κ3) is 8.67. The number of esters is 3. The number of carbonyl (C=O) groups is 5. The average molecular weight is 934 g/mol. The maximum Gasteiger partial charge on any atom is 0.408 e. The van der Waals surface area contributed by atoms with E-state index in [1.54, 1.807) is 110 Å². The first-order chi connectivity index (χ1) is 30.1. The number of aliphatic hydroxyl groups is 1. The van der Waals surface area contributed by atoms with Gasteiger partial charge >= 0.3 is 24.0 Å². The van der Waals surface area contributed by atoms with Gasteiger partial charge in [0.05, 0.1) is 41.6 Å². The smallest absolute Gasteiger partial charge is 0.408 e. The minimum absolute atomic E-state index is 0.136. The number of ketones is 1. The van der Waals surface area contributed by atoms with E-state index in [9.17, 15) is 24.3 Å². The van der Waals surface area contributed by atoms with Gasteiger partial charge in [0.1, 0.15) is 35.6 Å². The van der Waals surface area contributed by atoms with Gasteiger partial charge < -0.3 is 43.0 Å².